The molecule has 0 radical (unpaired) electrons. The number of hydrogen-bond acceptors (Lipinski definition) is 0. The van der Waals surface area contributed by atoms with Gasteiger partial charge in [-0.05, 0) is 34.8 Å². The number of rotatable bonds is 2. The van der Waals surface area contributed by atoms with Gasteiger partial charge in [-0.1, -0.05) is 90.1 Å². The van der Waals surface area contributed by atoms with Gasteiger partial charge in [0.1, 0.15) is 0 Å². The molecule has 0 N–H and O–H groups in total. The molecule has 6 atom stereocenters. The van der Waals surface area contributed by atoms with Crippen molar-refractivity contribution in [3.05, 3.63) is 14.9 Å². The summed E-state index contributed by atoms with van der Waals surface area (Å²) in [4.78, 5) is 0. The molecule has 0 aromatic rings. The SMILES string of the molecule is C[Si](C)(C1CCC2CCCCC21)[C@H]1CCC2CCCCC21.[CH3-].[CH3-].[Cl][Zr+2][Cl]. The Morgan fingerprint density at radius 3 is 1.35 bits per heavy atom. The van der Waals surface area contributed by atoms with Gasteiger partial charge < -0.3 is 14.9 Å². The molecule has 4 rings (SSSR count). The zero-order chi connectivity index (χ0) is 17.2. The van der Waals surface area contributed by atoms with Gasteiger partial charge >= 0.3 is 37.9 Å². The Balaban J connectivity index is 0.000000635. The fourth-order valence-corrected chi connectivity index (χ4v) is 13.0. The molecular formula is C22H42Cl2SiZr. The molecule has 0 aromatic carbocycles. The Hall–Kier alpha value is 1.68. The van der Waals surface area contributed by atoms with E-state index in [9.17, 15) is 0 Å². The molecule has 0 nitrogen and oxygen atoms in total. The molecule has 4 aliphatic rings. The van der Waals surface area contributed by atoms with E-state index in [1.54, 1.807) is 77.0 Å². The second kappa shape index (κ2) is 11.8. The Bertz CT molecular complexity index is 370. The Kier molecular flexibility index (Phi) is 11.6. The first-order valence-electron chi connectivity index (χ1n) is 10.6. The van der Waals surface area contributed by atoms with E-state index in [-0.39, 0.29) is 14.9 Å². The van der Waals surface area contributed by atoms with E-state index in [0.29, 0.717) is 0 Å². The van der Waals surface area contributed by atoms with Gasteiger partial charge in [0.15, 0.2) is 0 Å². The molecule has 0 heterocycles. The van der Waals surface area contributed by atoms with Gasteiger partial charge in [-0.2, -0.15) is 0 Å². The minimum atomic E-state index is -1.05. The molecule has 152 valence electrons. The summed E-state index contributed by atoms with van der Waals surface area (Å²) in [5.41, 5.74) is 2.40. The first-order valence-corrected chi connectivity index (χ1v) is 20.0. The summed E-state index contributed by atoms with van der Waals surface area (Å²) >= 11 is -0.826. The van der Waals surface area contributed by atoms with Crippen molar-refractivity contribution in [1.82, 2.24) is 0 Å². The molecule has 0 amide bonds. The summed E-state index contributed by atoms with van der Waals surface area (Å²) in [6.07, 6.45) is 19.0. The molecule has 0 saturated heterocycles. The van der Waals surface area contributed by atoms with Crippen molar-refractivity contribution in [2.75, 3.05) is 0 Å². The van der Waals surface area contributed by atoms with Gasteiger partial charge in [0.05, 0.1) is 8.07 Å². The van der Waals surface area contributed by atoms with E-state index in [2.05, 4.69) is 13.1 Å². The van der Waals surface area contributed by atoms with Crippen LogP contribution in [0.5, 0.6) is 0 Å². The van der Waals surface area contributed by atoms with Gasteiger partial charge in [0, 0.05) is 0 Å². The van der Waals surface area contributed by atoms with Gasteiger partial charge in [0.2, 0.25) is 0 Å². The normalized spacial score (nSPS) is 38.5. The molecule has 0 spiro atoms. The van der Waals surface area contributed by atoms with Crippen molar-refractivity contribution in [3.63, 3.8) is 0 Å². The fourth-order valence-electron chi connectivity index (χ4n) is 7.59. The molecule has 4 heteroatoms. The number of fused-ring (bicyclic) bond motifs is 2. The van der Waals surface area contributed by atoms with Crippen LogP contribution in [-0.4, -0.2) is 8.07 Å². The van der Waals surface area contributed by atoms with Crippen LogP contribution in [0, 0.1) is 38.5 Å². The number of halogens is 2. The van der Waals surface area contributed by atoms with Gasteiger partial charge in [-0.3, -0.25) is 0 Å². The molecule has 0 aromatic heterocycles. The molecule has 4 saturated carbocycles. The summed E-state index contributed by atoms with van der Waals surface area (Å²) in [7, 11) is 8.81. The van der Waals surface area contributed by atoms with Crippen LogP contribution in [0.1, 0.15) is 77.0 Å². The summed E-state index contributed by atoms with van der Waals surface area (Å²) in [5, 5.41) is 0. The second-order valence-corrected chi connectivity index (χ2v) is 18.5. The van der Waals surface area contributed by atoms with E-state index in [1.165, 1.54) is 22.9 Å². The van der Waals surface area contributed by atoms with Gasteiger partial charge in [0.25, 0.3) is 0 Å². The van der Waals surface area contributed by atoms with E-state index in [0.717, 1.165) is 11.8 Å². The van der Waals surface area contributed by atoms with E-state index in [1.807, 2.05) is 0 Å². The van der Waals surface area contributed by atoms with Crippen LogP contribution in [0.4, 0.5) is 0 Å². The second-order valence-electron chi connectivity index (χ2n) is 9.68. The maximum atomic E-state index is 4.93. The predicted molar refractivity (Wildman–Crippen MR) is 119 cm³/mol. The van der Waals surface area contributed by atoms with Crippen molar-refractivity contribution in [2.24, 2.45) is 23.7 Å². The van der Waals surface area contributed by atoms with Gasteiger partial charge in [-0.25, -0.2) is 0 Å². The van der Waals surface area contributed by atoms with Crippen LogP contribution in [0.2, 0.25) is 24.2 Å². The van der Waals surface area contributed by atoms with Crippen LogP contribution in [0.3, 0.4) is 0 Å². The third kappa shape index (κ3) is 5.43. The standard InChI is InChI=1S/C20H36Si.2CH3.2ClH.Zr/c1-21(2,19-13-11-15-7-3-5-9-17(15)19)20-14-12-16-8-4-6-10-18(16)20;;;;;/h15-20H,3-14H2,1-2H3;2*1H3;2*1H;/q;2*-1;;;+4/p-2/t15?,16?,17?,18?,19-,20?;;;;;/m0...../s1. The zero-order valence-corrected chi connectivity index (χ0v) is 22.7. The van der Waals surface area contributed by atoms with Crippen molar-refractivity contribution in [3.8, 4) is 0 Å². The van der Waals surface area contributed by atoms with Crippen molar-refractivity contribution in [1.29, 1.82) is 0 Å². The predicted octanol–water partition coefficient (Wildman–Crippen LogP) is 8.91. The van der Waals surface area contributed by atoms with Crippen LogP contribution >= 0.6 is 17.0 Å². The van der Waals surface area contributed by atoms with Crippen LogP contribution in [0.15, 0.2) is 0 Å². The van der Waals surface area contributed by atoms with E-state index < -0.39 is 28.9 Å². The monoisotopic (exact) mass is 494 g/mol. The molecule has 0 aliphatic heterocycles. The van der Waals surface area contributed by atoms with Crippen molar-refractivity contribution in [2.45, 2.75) is 101 Å². The fraction of sp³-hybridized carbons (Fsp3) is 0.909. The van der Waals surface area contributed by atoms with Crippen LogP contribution < -0.4 is 0 Å². The third-order valence-corrected chi connectivity index (χ3v) is 13.8. The summed E-state index contributed by atoms with van der Waals surface area (Å²) in [6, 6.07) is 0. The van der Waals surface area contributed by atoms with Crippen LogP contribution in [0.25, 0.3) is 0 Å². The molecule has 4 aliphatic carbocycles. The Labute approximate surface area is 184 Å². The summed E-state index contributed by atoms with van der Waals surface area (Å²) in [6.45, 7) is 5.66. The molecule has 5 unspecified atom stereocenters. The number of hydrogen-bond donors (Lipinski definition) is 0. The van der Waals surface area contributed by atoms with E-state index >= 15 is 0 Å². The molecule has 4 fully saturated rings. The maximum absolute atomic E-state index is 4.93. The van der Waals surface area contributed by atoms with Gasteiger partial charge in [-0.15, -0.1) is 0 Å². The zero-order valence-electron chi connectivity index (χ0n) is 17.7. The Morgan fingerprint density at radius 2 is 0.962 bits per heavy atom. The average molecular weight is 497 g/mol. The molecule has 26 heavy (non-hydrogen) atoms. The third-order valence-electron chi connectivity index (χ3n) is 8.58. The van der Waals surface area contributed by atoms with Crippen molar-refractivity contribution >= 4 is 25.1 Å². The first kappa shape index (κ1) is 25.7. The molecule has 0 bridgehead atoms. The van der Waals surface area contributed by atoms with E-state index in [4.69, 9.17) is 17.0 Å². The summed E-state index contributed by atoms with van der Waals surface area (Å²) in [5.74, 6) is 4.64. The first-order chi connectivity index (χ1) is 11.6. The molecular weight excluding hydrogens is 454 g/mol. The van der Waals surface area contributed by atoms with Crippen LogP contribution in [-0.2, 0) is 20.8 Å². The topological polar surface area (TPSA) is 0 Å². The Morgan fingerprint density at radius 1 is 0.615 bits per heavy atom. The quantitative estimate of drug-likeness (QED) is 0.264. The van der Waals surface area contributed by atoms with Crippen molar-refractivity contribution < 1.29 is 20.8 Å². The minimum absolute atomic E-state index is 0. The average Bonchev–Trinajstić information content (AvgIpc) is 3.20. The summed E-state index contributed by atoms with van der Waals surface area (Å²) < 4.78 is 0.